The summed E-state index contributed by atoms with van der Waals surface area (Å²) in [4.78, 5) is 4.17. The van der Waals surface area contributed by atoms with Crippen LogP contribution in [0.2, 0.25) is 10.0 Å². The number of alkyl halides is 4. The van der Waals surface area contributed by atoms with Gasteiger partial charge in [-0.2, -0.15) is 23.5 Å². The number of anilines is 1. The molecule has 0 bridgehead atoms. The van der Waals surface area contributed by atoms with Gasteiger partial charge in [-0.25, -0.2) is 9.07 Å². The van der Waals surface area contributed by atoms with Crippen LogP contribution in [0.5, 0.6) is 0 Å². The number of rotatable bonds is 6. The van der Waals surface area contributed by atoms with Crippen molar-refractivity contribution in [3.8, 4) is 11.8 Å². The van der Waals surface area contributed by atoms with Gasteiger partial charge in [0.15, 0.2) is 5.69 Å². The molecule has 30 heavy (non-hydrogen) atoms. The highest BCUT2D eigenvalue weighted by Gasteiger charge is 2.33. The maximum Gasteiger partial charge on any atom is 0.416 e. The van der Waals surface area contributed by atoms with Crippen LogP contribution < -0.4 is 10.6 Å². The Balaban J connectivity index is 2.09. The van der Waals surface area contributed by atoms with Crippen molar-refractivity contribution in [2.75, 3.05) is 17.9 Å². The molecule has 2 N–H and O–H groups in total. The summed E-state index contributed by atoms with van der Waals surface area (Å²) in [6.07, 6.45) is 0.161. The molecule has 1 aromatic carbocycles. The van der Waals surface area contributed by atoms with Crippen molar-refractivity contribution in [1.82, 2.24) is 15.1 Å². The summed E-state index contributed by atoms with van der Waals surface area (Å²) in [7, 11) is 0. The number of hydrogen-bond donors (Lipinski definition) is 2. The van der Waals surface area contributed by atoms with Crippen molar-refractivity contribution in [1.29, 1.82) is 5.26 Å². The lowest BCUT2D eigenvalue weighted by atomic mass is 10.2. The summed E-state index contributed by atoms with van der Waals surface area (Å²) in [6.45, 7) is 0.250. The van der Waals surface area contributed by atoms with Gasteiger partial charge in [-0.15, -0.1) is 0 Å². The second kappa shape index (κ2) is 9.16. The average molecular weight is 479 g/mol. The molecule has 158 valence electrons. The minimum atomic E-state index is -4.65. The van der Waals surface area contributed by atoms with Gasteiger partial charge < -0.3 is 10.6 Å². The molecule has 1 aliphatic heterocycles. The van der Waals surface area contributed by atoms with Crippen LogP contribution in [-0.2, 0) is 6.18 Å². The number of hydrogen-bond acceptors (Lipinski definition) is 6. The lowest BCUT2D eigenvalue weighted by Crippen LogP contribution is -2.35. The summed E-state index contributed by atoms with van der Waals surface area (Å²) < 4.78 is 53.3. The first-order chi connectivity index (χ1) is 14.3. The summed E-state index contributed by atoms with van der Waals surface area (Å²) in [6, 6.07) is 2.18. The second-order valence-corrected chi connectivity index (χ2v) is 7.59. The standard InChI is InChI=1S/C17H12Cl2F4N6S/c18-11-3-9(17(21,22)23)4-12(19)14(11)29-16(15(30-8-20)13(5-24)28-29)27-7-10-6-25-1-2-26-10/h1-4,6,10,26-27H,7-8H2. The van der Waals surface area contributed by atoms with E-state index in [0.29, 0.717) is 23.9 Å². The third-order valence-electron chi connectivity index (χ3n) is 3.93. The summed E-state index contributed by atoms with van der Waals surface area (Å²) in [5.74, 6) is 0.169. The molecule has 0 saturated heterocycles. The fourth-order valence-electron chi connectivity index (χ4n) is 2.64. The molecule has 0 spiro atoms. The molecule has 13 heteroatoms. The summed E-state index contributed by atoms with van der Waals surface area (Å²) >= 11 is 12.9. The molecule has 0 radical (unpaired) electrons. The maximum absolute atomic E-state index is 13.1. The highest BCUT2D eigenvalue weighted by Crippen LogP contribution is 2.40. The fourth-order valence-corrected chi connectivity index (χ4v) is 3.92. The number of thioether (sulfide) groups is 1. The molecular formula is C17H12Cl2F4N6S. The number of aromatic nitrogens is 2. The fraction of sp³-hybridized carbons (Fsp3) is 0.235. The molecular weight excluding hydrogens is 467 g/mol. The monoisotopic (exact) mass is 478 g/mol. The van der Waals surface area contributed by atoms with Crippen molar-refractivity contribution < 1.29 is 17.6 Å². The number of halogens is 6. The first kappa shape index (κ1) is 22.3. The van der Waals surface area contributed by atoms with E-state index in [4.69, 9.17) is 23.2 Å². The Morgan fingerprint density at radius 1 is 1.30 bits per heavy atom. The molecule has 2 aromatic rings. The van der Waals surface area contributed by atoms with Gasteiger partial charge in [0, 0.05) is 25.2 Å². The van der Waals surface area contributed by atoms with Crippen molar-refractivity contribution in [3.05, 3.63) is 45.8 Å². The Hall–Kier alpha value is -2.42. The molecule has 3 rings (SSSR count). The topological polar surface area (TPSA) is 78.0 Å². The van der Waals surface area contributed by atoms with Gasteiger partial charge in [0.05, 0.1) is 26.5 Å². The molecule has 0 saturated carbocycles. The Morgan fingerprint density at radius 2 is 2.00 bits per heavy atom. The van der Waals surface area contributed by atoms with Gasteiger partial charge in [0.25, 0.3) is 0 Å². The van der Waals surface area contributed by atoms with Crippen molar-refractivity contribution >= 4 is 47.0 Å². The molecule has 1 aromatic heterocycles. The zero-order chi connectivity index (χ0) is 21.9. The third-order valence-corrected chi connectivity index (χ3v) is 5.29. The van der Waals surface area contributed by atoms with Crippen LogP contribution in [-0.4, -0.2) is 34.6 Å². The van der Waals surface area contributed by atoms with E-state index in [0.717, 1.165) is 4.68 Å². The van der Waals surface area contributed by atoms with Crippen LogP contribution in [0, 0.1) is 11.3 Å². The molecule has 0 amide bonds. The zero-order valence-electron chi connectivity index (χ0n) is 14.8. The maximum atomic E-state index is 13.1. The van der Waals surface area contributed by atoms with Gasteiger partial charge in [-0.05, 0) is 12.1 Å². The van der Waals surface area contributed by atoms with Gasteiger partial charge in [-0.3, -0.25) is 4.99 Å². The molecule has 1 unspecified atom stereocenters. The van der Waals surface area contributed by atoms with Gasteiger partial charge in [0.2, 0.25) is 0 Å². The average Bonchev–Trinajstić information content (AvgIpc) is 3.03. The Kier molecular flexibility index (Phi) is 6.80. The SMILES string of the molecule is N#Cc1nn(-c2c(Cl)cc(C(F)(F)F)cc2Cl)c(NCC2C=NC=CN2)c1SCF. The number of nitrogens with zero attached hydrogens (tertiary/aromatic N) is 4. The van der Waals surface area contributed by atoms with Crippen LogP contribution in [0.1, 0.15) is 11.3 Å². The molecule has 1 aliphatic rings. The summed E-state index contributed by atoms with van der Waals surface area (Å²) in [5, 5.41) is 18.9. The highest BCUT2D eigenvalue weighted by molar-refractivity contribution is 7.99. The Labute approximate surface area is 182 Å². The minimum absolute atomic E-state index is 0.0683. The van der Waals surface area contributed by atoms with E-state index in [-0.39, 0.29) is 44.7 Å². The number of aliphatic imine (C=N–C) groups is 1. The quantitative estimate of drug-likeness (QED) is 0.450. The second-order valence-electron chi connectivity index (χ2n) is 5.86. The molecule has 6 nitrogen and oxygen atoms in total. The number of nitriles is 1. The number of nitrogens with one attached hydrogen (secondary N) is 2. The summed E-state index contributed by atoms with van der Waals surface area (Å²) in [5.41, 5.74) is -1.23. The van der Waals surface area contributed by atoms with E-state index in [9.17, 15) is 22.8 Å². The Bertz CT molecular complexity index is 1020. The van der Waals surface area contributed by atoms with Crippen molar-refractivity contribution in [2.24, 2.45) is 4.99 Å². The molecule has 0 aliphatic carbocycles. The normalized spacial score (nSPS) is 15.7. The van der Waals surface area contributed by atoms with E-state index in [1.807, 2.05) is 6.07 Å². The Morgan fingerprint density at radius 3 is 2.53 bits per heavy atom. The smallest absolute Gasteiger partial charge is 0.380 e. The minimum Gasteiger partial charge on any atom is -0.380 e. The van der Waals surface area contributed by atoms with Crippen LogP contribution in [0.25, 0.3) is 5.69 Å². The van der Waals surface area contributed by atoms with E-state index < -0.39 is 17.7 Å². The largest absolute Gasteiger partial charge is 0.416 e. The van der Waals surface area contributed by atoms with Crippen molar-refractivity contribution in [3.63, 3.8) is 0 Å². The van der Waals surface area contributed by atoms with E-state index in [1.54, 1.807) is 18.6 Å². The predicted molar refractivity (Wildman–Crippen MR) is 108 cm³/mol. The molecule has 1 atom stereocenters. The van der Waals surface area contributed by atoms with E-state index in [2.05, 4.69) is 20.7 Å². The molecule has 0 fully saturated rings. The van der Waals surface area contributed by atoms with E-state index in [1.165, 1.54) is 0 Å². The van der Waals surface area contributed by atoms with Crippen LogP contribution in [0.3, 0.4) is 0 Å². The van der Waals surface area contributed by atoms with Crippen molar-refractivity contribution in [2.45, 2.75) is 17.1 Å². The molecule has 2 heterocycles. The van der Waals surface area contributed by atoms with Gasteiger partial charge in [-0.1, -0.05) is 35.0 Å². The van der Waals surface area contributed by atoms with Gasteiger partial charge in [0.1, 0.15) is 23.6 Å². The highest BCUT2D eigenvalue weighted by atomic mass is 35.5. The number of benzene rings is 1. The third kappa shape index (κ3) is 4.66. The van der Waals surface area contributed by atoms with Crippen LogP contribution in [0.4, 0.5) is 23.4 Å². The lowest BCUT2D eigenvalue weighted by molar-refractivity contribution is -0.137. The zero-order valence-corrected chi connectivity index (χ0v) is 17.2. The predicted octanol–water partition coefficient (Wildman–Crippen LogP) is 5.01. The lowest BCUT2D eigenvalue weighted by Gasteiger charge is -2.19. The van der Waals surface area contributed by atoms with Crippen LogP contribution in [0.15, 0.2) is 34.4 Å². The van der Waals surface area contributed by atoms with E-state index >= 15 is 0 Å². The van der Waals surface area contributed by atoms with Crippen LogP contribution >= 0.6 is 35.0 Å². The first-order valence-electron chi connectivity index (χ1n) is 8.23. The first-order valence-corrected chi connectivity index (χ1v) is 9.97. The van der Waals surface area contributed by atoms with Gasteiger partial charge >= 0.3 is 6.18 Å².